The molecule has 6 nitrogen and oxygen atoms in total. The van der Waals surface area contributed by atoms with E-state index in [9.17, 15) is 0 Å². The van der Waals surface area contributed by atoms with E-state index in [0.29, 0.717) is 5.82 Å². The van der Waals surface area contributed by atoms with Gasteiger partial charge in [0.1, 0.15) is 11.6 Å². The number of benzene rings is 1. The van der Waals surface area contributed by atoms with Crippen LogP contribution in [0.3, 0.4) is 0 Å². The molecule has 1 aromatic carbocycles. The third-order valence-corrected chi connectivity index (χ3v) is 4.54. The fourth-order valence-electron chi connectivity index (χ4n) is 3.14. The Balaban J connectivity index is 1.83. The quantitative estimate of drug-likeness (QED) is 0.516. The highest BCUT2D eigenvalue weighted by Gasteiger charge is 2.13. The van der Waals surface area contributed by atoms with Gasteiger partial charge < -0.3 is 5.32 Å². The first-order valence-corrected chi connectivity index (χ1v) is 9.01. The standard InChI is InChI=1S/C20H19ClN6/c1-11-6-5-7-15-12(2)8-17(25-19(11)15)27-18(10-14(4)26-27)23-16-9-13(3)22-20(21)24-16/h5-10H,1-4H3,(H,22,23,24). The topological polar surface area (TPSA) is 68.5 Å². The maximum atomic E-state index is 5.98. The Kier molecular flexibility index (Phi) is 4.28. The predicted molar refractivity (Wildman–Crippen MR) is 108 cm³/mol. The number of halogens is 1. The van der Waals surface area contributed by atoms with Gasteiger partial charge in [-0.05, 0) is 56.5 Å². The van der Waals surface area contributed by atoms with E-state index in [1.54, 1.807) is 4.68 Å². The molecule has 0 aliphatic carbocycles. The number of aryl methyl sites for hydroxylation is 4. The van der Waals surface area contributed by atoms with Crippen LogP contribution in [0, 0.1) is 27.7 Å². The zero-order valence-corrected chi connectivity index (χ0v) is 16.3. The van der Waals surface area contributed by atoms with E-state index in [4.69, 9.17) is 16.6 Å². The van der Waals surface area contributed by atoms with Crippen molar-refractivity contribution in [3.05, 3.63) is 64.2 Å². The van der Waals surface area contributed by atoms with Gasteiger partial charge in [0.25, 0.3) is 0 Å². The highest BCUT2D eigenvalue weighted by molar-refractivity contribution is 6.28. The molecule has 4 rings (SSSR count). The van der Waals surface area contributed by atoms with Crippen molar-refractivity contribution in [3.8, 4) is 5.82 Å². The molecule has 136 valence electrons. The number of pyridine rings is 1. The Morgan fingerprint density at radius 3 is 2.48 bits per heavy atom. The van der Waals surface area contributed by atoms with Gasteiger partial charge in [0.05, 0.1) is 11.2 Å². The van der Waals surface area contributed by atoms with E-state index in [0.717, 1.165) is 45.1 Å². The van der Waals surface area contributed by atoms with E-state index in [1.165, 1.54) is 0 Å². The van der Waals surface area contributed by atoms with Crippen LogP contribution in [0.1, 0.15) is 22.5 Å². The number of fused-ring (bicyclic) bond motifs is 1. The van der Waals surface area contributed by atoms with Crippen molar-refractivity contribution < 1.29 is 0 Å². The Hall–Kier alpha value is -2.99. The smallest absolute Gasteiger partial charge is 0.224 e. The number of hydrogen-bond donors (Lipinski definition) is 1. The molecule has 0 aliphatic heterocycles. The molecular formula is C20H19ClN6. The SMILES string of the molecule is Cc1cc(Nc2cc(C)nn2-c2cc(C)c3cccc(C)c3n2)nc(Cl)n1. The van der Waals surface area contributed by atoms with Gasteiger partial charge in [-0.2, -0.15) is 9.78 Å². The van der Waals surface area contributed by atoms with Crippen molar-refractivity contribution in [2.75, 3.05) is 5.32 Å². The first-order chi connectivity index (χ1) is 12.9. The average molecular weight is 379 g/mol. The molecule has 3 heterocycles. The van der Waals surface area contributed by atoms with Crippen LogP contribution >= 0.6 is 11.6 Å². The molecule has 7 heteroatoms. The number of nitrogens with zero attached hydrogens (tertiary/aromatic N) is 5. The summed E-state index contributed by atoms with van der Waals surface area (Å²) >= 11 is 5.98. The van der Waals surface area contributed by atoms with Gasteiger partial charge in [0.15, 0.2) is 5.82 Å². The Labute approximate surface area is 162 Å². The summed E-state index contributed by atoms with van der Waals surface area (Å²) in [5.74, 6) is 2.13. The van der Waals surface area contributed by atoms with E-state index in [2.05, 4.69) is 52.4 Å². The largest absolute Gasteiger partial charge is 0.325 e. The van der Waals surface area contributed by atoms with Gasteiger partial charge in [0, 0.05) is 23.2 Å². The minimum atomic E-state index is 0.204. The highest BCUT2D eigenvalue weighted by atomic mass is 35.5. The Morgan fingerprint density at radius 1 is 0.889 bits per heavy atom. The first kappa shape index (κ1) is 17.4. The molecule has 27 heavy (non-hydrogen) atoms. The minimum absolute atomic E-state index is 0.204. The van der Waals surface area contributed by atoms with Crippen molar-refractivity contribution >= 4 is 34.1 Å². The molecule has 3 aromatic heterocycles. The molecule has 1 N–H and O–H groups in total. The predicted octanol–water partition coefficient (Wildman–Crippen LogP) is 4.84. The lowest BCUT2D eigenvalue weighted by molar-refractivity contribution is 0.842. The van der Waals surface area contributed by atoms with Crippen molar-refractivity contribution in [1.29, 1.82) is 0 Å². The zero-order valence-electron chi connectivity index (χ0n) is 15.6. The van der Waals surface area contributed by atoms with Crippen LogP contribution in [0.15, 0.2) is 36.4 Å². The minimum Gasteiger partial charge on any atom is -0.325 e. The molecule has 0 amide bonds. The summed E-state index contributed by atoms with van der Waals surface area (Å²) in [4.78, 5) is 13.2. The molecule has 0 unspecified atom stereocenters. The summed E-state index contributed by atoms with van der Waals surface area (Å²) < 4.78 is 1.79. The Bertz CT molecular complexity index is 1140. The first-order valence-electron chi connectivity index (χ1n) is 8.63. The lowest BCUT2D eigenvalue weighted by atomic mass is 10.1. The summed E-state index contributed by atoms with van der Waals surface area (Å²) in [6.45, 7) is 7.97. The second-order valence-electron chi connectivity index (χ2n) is 6.64. The molecule has 0 atom stereocenters. The van der Waals surface area contributed by atoms with Gasteiger partial charge >= 0.3 is 0 Å². The fraction of sp³-hybridized carbons (Fsp3) is 0.200. The number of nitrogens with one attached hydrogen (secondary N) is 1. The molecule has 0 saturated carbocycles. The number of aromatic nitrogens is 5. The second kappa shape index (κ2) is 6.63. The molecule has 4 aromatic rings. The molecular weight excluding hydrogens is 360 g/mol. The van der Waals surface area contributed by atoms with Crippen molar-refractivity contribution in [1.82, 2.24) is 24.7 Å². The average Bonchev–Trinajstić information content (AvgIpc) is 2.95. The maximum absolute atomic E-state index is 5.98. The molecule has 0 aliphatic rings. The van der Waals surface area contributed by atoms with Crippen molar-refractivity contribution in [2.24, 2.45) is 0 Å². The number of hydrogen-bond acceptors (Lipinski definition) is 5. The van der Waals surface area contributed by atoms with Crippen LogP contribution in [0.5, 0.6) is 0 Å². The fourth-order valence-corrected chi connectivity index (χ4v) is 3.37. The van der Waals surface area contributed by atoms with E-state index in [-0.39, 0.29) is 5.28 Å². The number of para-hydroxylation sites is 1. The molecule has 0 radical (unpaired) electrons. The van der Waals surface area contributed by atoms with E-state index >= 15 is 0 Å². The summed E-state index contributed by atoms with van der Waals surface area (Å²) in [7, 11) is 0. The van der Waals surface area contributed by atoms with Gasteiger partial charge in [-0.3, -0.25) is 0 Å². The van der Waals surface area contributed by atoms with Crippen LogP contribution in [0.2, 0.25) is 5.28 Å². The van der Waals surface area contributed by atoms with Crippen LogP contribution < -0.4 is 5.32 Å². The number of anilines is 2. The summed E-state index contributed by atoms with van der Waals surface area (Å²) in [6.07, 6.45) is 0. The summed E-state index contributed by atoms with van der Waals surface area (Å²) in [5, 5.41) is 9.25. The van der Waals surface area contributed by atoms with Gasteiger partial charge in [0.2, 0.25) is 5.28 Å². The molecule has 0 bridgehead atoms. The lowest BCUT2D eigenvalue weighted by Gasteiger charge is -2.12. The van der Waals surface area contributed by atoms with Crippen LogP contribution in [0.4, 0.5) is 11.6 Å². The number of rotatable bonds is 3. The summed E-state index contributed by atoms with van der Waals surface area (Å²) in [5.41, 5.74) is 4.93. The van der Waals surface area contributed by atoms with Crippen LogP contribution in [0.25, 0.3) is 16.7 Å². The maximum Gasteiger partial charge on any atom is 0.224 e. The molecule has 0 saturated heterocycles. The third kappa shape index (κ3) is 3.36. The van der Waals surface area contributed by atoms with Crippen molar-refractivity contribution in [3.63, 3.8) is 0 Å². The van der Waals surface area contributed by atoms with Gasteiger partial charge in [-0.25, -0.2) is 15.0 Å². The lowest BCUT2D eigenvalue weighted by Crippen LogP contribution is -2.07. The highest BCUT2D eigenvalue weighted by Crippen LogP contribution is 2.25. The monoisotopic (exact) mass is 378 g/mol. The van der Waals surface area contributed by atoms with E-state index in [1.807, 2.05) is 32.0 Å². The van der Waals surface area contributed by atoms with Crippen LogP contribution in [-0.4, -0.2) is 24.7 Å². The Morgan fingerprint density at radius 2 is 1.70 bits per heavy atom. The van der Waals surface area contributed by atoms with Crippen molar-refractivity contribution in [2.45, 2.75) is 27.7 Å². The normalized spacial score (nSPS) is 11.1. The third-order valence-electron chi connectivity index (χ3n) is 4.37. The van der Waals surface area contributed by atoms with Crippen LogP contribution in [-0.2, 0) is 0 Å². The summed E-state index contributed by atoms with van der Waals surface area (Å²) in [6, 6.07) is 12.0. The second-order valence-corrected chi connectivity index (χ2v) is 6.98. The van der Waals surface area contributed by atoms with Gasteiger partial charge in [-0.1, -0.05) is 18.2 Å². The van der Waals surface area contributed by atoms with Gasteiger partial charge in [-0.15, -0.1) is 0 Å². The zero-order chi connectivity index (χ0) is 19.1. The van der Waals surface area contributed by atoms with E-state index < -0.39 is 0 Å². The molecule has 0 fully saturated rings. The molecule has 0 spiro atoms.